The molecule has 0 aliphatic carbocycles. The van der Waals surface area contributed by atoms with Gasteiger partial charge in [0, 0.05) is 31.1 Å². The van der Waals surface area contributed by atoms with E-state index in [1.807, 2.05) is 0 Å². The molecule has 0 radical (unpaired) electrons. The highest BCUT2D eigenvalue weighted by Gasteiger charge is 2.44. The average molecular weight is 400 g/mol. The van der Waals surface area contributed by atoms with Gasteiger partial charge in [0.1, 0.15) is 12.1 Å². The summed E-state index contributed by atoms with van der Waals surface area (Å²) in [5, 5.41) is 4.09. The fourth-order valence-electron chi connectivity index (χ4n) is 3.92. The Morgan fingerprint density at radius 3 is 2.90 bits per heavy atom. The number of nitrogens with zero attached hydrogens (tertiary/aromatic N) is 4. The van der Waals surface area contributed by atoms with E-state index in [0.29, 0.717) is 32.8 Å². The van der Waals surface area contributed by atoms with Crippen molar-refractivity contribution in [3.05, 3.63) is 63.4 Å². The average Bonchev–Trinajstić information content (AvgIpc) is 2.97. The van der Waals surface area contributed by atoms with Gasteiger partial charge in [-0.15, -0.1) is 0 Å². The summed E-state index contributed by atoms with van der Waals surface area (Å²) in [6, 6.07) is 7.89. The minimum atomic E-state index is -0.600. The van der Waals surface area contributed by atoms with Crippen LogP contribution in [0, 0.1) is 0 Å². The molecule has 9 nitrogen and oxygen atoms in total. The van der Waals surface area contributed by atoms with Crippen molar-refractivity contribution in [2.75, 3.05) is 26.3 Å². The molecular formula is C20H24N4O5. The summed E-state index contributed by atoms with van der Waals surface area (Å²) in [5.41, 5.74) is -0.976. The zero-order valence-corrected chi connectivity index (χ0v) is 16.1. The Morgan fingerprint density at radius 1 is 1.21 bits per heavy atom. The molecule has 2 fully saturated rings. The standard InChI is InChI=1S/C20H24N4O5/c25-17-4-1-2-9-22(17)13-19(27)23-10-11-28-15-20(14-23)7-6-16(29-20)12-24-18(26)5-3-8-21-24/h1-5,8-9,16H,6-7,10-15H2/t16?,20-/m0/s1. The maximum Gasteiger partial charge on any atom is 0.266 e. The largest absolute Gasteiger partial charge is 0.377 e. The van der Waals surface area contributed by atoms with Crippen LogP contribution in [-0.2, 0) is 27.4 Å². The molecule has 4 heterocycles. The molecule has 0 aromatic carbocycles. The van der Waals surface area contributed by atoms with E-state index in [0.717, 1.165) is 12.8 Å². The third kappa shape index (κ3) is 4.46. The number of rotatable bonds is 4. The smallest absolute Gasteiger partial charge is 0.266 e. The van der Waals surface area contributed by atoms with Crippen LogP contribution in [0.5, 0.6) is 0 Å². The number of hydrogen-bond donors (Lipinski definition) is 0. The van der Waals surface area contributed by atoms with Crippen LogP contribution in [0.3, 0.4) is 0 Å². The zero-order valence-electron chi connectivity index (χ0n) is 16.1. The lowest BCUT2D eigenvalue weighted by atomic mass is 10.00. The summed E-state index contributed by atoms with van der Waals surface area (Å²) < 4.78 is 14.8. The Balaban J connectivity index is 1.43. The number of ether oxygens (including phenoxy) is 2. The van der Waals surface area contributed by atoms with Gasteiger partial charge in [0.25, 0.3) is 11.1 Å². The molecule has 2 saturated heterocycles. The summed E-state index contributed by atoms with van der Waals surface area (Å²) >= 11 is 0. The molecule has 2 aliphatic rings. The fourth-order valence-corrected chi connectivity index (χ4v) is 3.92. The van der Waals surface area contributed by atoms with Gasteiger partial charge in [-0.1, -0.05) is 6.07 Å². The van der Waals surface area contributed by atoms with Crippen molar-refractivity contribution in [1.82, 2.24) is 19.2 Å². The van der Waals surface area contributed by atoms with E-state index in [2.05, 4.69) is 5.10 Å². The van der Waals surface area contributed by atoms with Crippen LogP contribution in [0.15, 0.2) is 52.3 Å². The van der Waals surface area contributed by atoms with Crippen LogP contribution in [-0.4, -0.2) is 63.2 Å². The van der Waals surface area contributed by atoms with Gasteiger partial charge in [0.05, 0.1) is 32.4 Å². The monoisotopic (exact) mass is 400 g/mol. The molecule has 29 heavy (non-hydrogen) atoms. The maximum atomic E-state index is 12.8. The van der Waals surface area contributed by atoms with E-state index in [-0.39, 0.29) is 29.7 Å². The van der Waals surface area contributed by atoms with Crippen LogP contribution in [0.1, 0.15) is 12.8 Å². The highest BCUT2D eigenvalue weighted by Crippen LogP contribution is 2.33. The van der Waals surface area contributed by atoms with Gasteiger partial charge in [0.2, 0.25) is 5.91 Å². The number of carbonyl (C=O) groups is 1. The van der Waals surface area contributed by atoms with Crippen molar-refractivity contribution in [3.8, 4) is 0 Å². The summed E-state index contributed by atoms with van der Waals surface area (Å²) in [6.07, 6.45) is 4.50. The number of aromatic nitrogens is 3. The van der Waals surface area contributed by atoms with E-state index >= 15 is 0 Å². The second kappa shape index (κ2) is 8.30. The first-order valence-corrected chi connectivity index (χ1v) is 9.76. The van der Waals surface area contributed by atoms with Gasteiger partial charge in [-0.2, -0.15) is 5.10 Å². The molecule has 2 aliphatic heterocycles. The lowest BCUT2D eigenvalue weighted by Crippen LogP contribution is -2.48. The van der Waals surface area contributed by atoms with Gasteiger partial charge in [-0.25, -0.2) is 4.68 Å². The van der Waals surface area contributed by atoms with E-state index in [1.165, 1.54) is 21.4 Å². The number of amides is 1. The zero-order chi connectivity index (χ0) is 20.3. The number of carbonyl (C=O) groups excluding carboxylic acids is 1. The first-order chi connectivity index (χ1) is 14.0. The lowest BCUT2D eigenvalue weighted by molar-refractivity contribution is -0.137. The molecule has 0 N–H and O–H groups in total. The minimum absolute atomic E-state index is 0.0114. The molecule has 1 amide bonds. The molecule has 1 spiro atoms. The molecule has 0 saturated carbocycles. The topological polar surface area (TPSA) is 95.7 Å². The number of hydrogen-bond acceptors (Lipinski definition) is 6. The maximum absolute atomic E-state index is 12.8. The second-order valence-electron chi connectivity index (χ2n) is 7.54. The van der Waals surface area contributed by atoms with Crippen LogP contribution >= 0.6 is 0 Å². The van der Waals surface area contributed by atoms with Crippen LogP contribution in [0.2, 0.25) is 0 Å². The first-order valence-electron chi connectivity index (χ1n) is 9.76. The van der Waals surface area contributed by atoms with E-state index in [9.17, 15) is 14.4 Å². The molecule has 1 unspecified atom stereocenters. The molecule has 2 aromatic heterocycles. The van der Waals surface area contributed by atoms with Gasteiger partial charge in [0.15, 0.2) is 0 Å². The van der Waals surface area contributed by atoms with Crippen molar-refractivity contribution in [2.45, 2.75) is 37.6 Å². The quantitative estimate of drug-likeness (QED) is 0.710. The lowest BCUT2D eigenvalue weighted by Gasteiger charge is -2.32. The Bertz CT molecular complexity index is 987. The summed E-state index contributed by atoms with van der Waals surface area (Å²) in [5.74, 6) is -0.142. The highest BCUT2D eigenvalue weighted by atomic mass is 16.6. The molecule has 2 aromatic rings. The highest BCUT2D eigenvalue weighted by molar-refractivity contribution is 5.76. The number of pyridine rings is 1. The Hall–Kier alpha value is -2.78. The van der Waals surface area contributed by atoms with Crippen molar-refractivity contribution in [2.24, 2.45) is 0 Å². The minimum Gasteiger partial charge on any atom is -0.377 e. The van der Waals surface area contributed by atoms with Gasteiger partial charge in [-0.3, -0.25) is 14.4 Å². The van der Waals surface area contributed by atoms with Crippen LogP contribution in [0.25, 0.3) is 0 Å². The Kier molecular flexibility index (Phi) is 5.59. The first kappa shape index (κ1) is 19.5. The summed E-state index contributed by atoms with van der Waals surface area (Å²) in [4.78, 5) is 38.4. The second-order valence-corrected chi connectivity index (χ2v) is 7.54. The van der Waals surface area contributed by atoms with Crippen molar-refractivity contribution in [1.29, 1.82) is 0 Å². The van der Waals surface area contributed by atoms with Crippen molar-refractivity contribution >= 4 is 5.91 Å². The summed E-state index contributed by atoms with van der Waals surface area (Å²) in [7, 11) is 0. The van der Waals surface area contributed by atoms with Gasteiger partial charge >= 0.3 is 0 Å². The van der Waals surface area contributed by atoms with Crippen LogP contribution < -0.4 is 11.1 Å². The third-order valence-corrected chi connectivity index (χ3v) is 5.41. The van der Waals surface area contributed by atoms with E-state index in [1.54, 1.807) is 35.5 Å². The molecule has 4 rings (SSSR count). The van der Waals surface area contributed by atoms with Crippen molar-refractivity contribution < 1.29 is 14.3 Å². The van der Waals surface area contributed by atoms with E-state index in [4.69, 9.17) is 9.47 Å². The molecule has 2 atom stereocenters. The SMILES string of the molecule is O=C(Cn1ccccc1=O)N1CCOC[C@]2(CCC(Cn3ncccc3=O)O2)C1. The van der Waals surface area contributed by atoms with Gasteiger partial charge in [-0.05, 0) is 25.0 Å². The predicted molar refractivity (Wildman–Crippen MR) is 103 cm³/mol. The van der Waals surface area contributed by atoms with Gasteiger partial charge < -0.3 is 18.9 Å². The molecule has 0 bridgehead atoms. The van der Waals surface area contributed by atoms with E-state index < -0.39 is 5.60 Å². The summed E-state index contributed by atoms with van der Waals surface area (Å²) in [6.45, 7) is 2.04. The fraction of sp³-hybridized carbons (Fsp3) is 0.500. The molecule has 9 heteroatoms. The third-order valence-electron chi connectivity index (χ3n) is 5.41. The van der Waals surface area contributed by atoms with Crippen LogP contribution in [0.4, 0.5) is 0 Å². The predicted octanol–water partition coefficient (Wildman–Crippen LogP) is -0.118. The molecule has 154 valence electrons. The Morgan fingerprint density at radius 2 is 2.07 bits per heavy atom. The Labute approximate surface area is 167 Å². The molecular weight excluding hydrogens is 376 g/mol. The van der Waals surface area contributed by atoms with Crippen molar-refractivity contribution in [3.63, 3.8) is 0 Å². The normalized spacial score (nSPS) is 24.6.